The van der Waals surface area contributed by atoms with E-state index in [2.05, 4.69) is 11.9 Å². The van der Waals surface area contributed by atoms with E-state index in [1.54, 1.807) is 18.3 Å². The summed E-state index contributed by atoms with van der Waals surface area (Å²) in [5, 5.41) is 0.572. The Hall–Kier alpha value is -3.05. The molecule has 2 atom stereocenters. The number of carbonyl (C=O) groups excluding carboxylic acids is 1. The van der Waals surface area contributed by atoms with Crippen LogP contribution < -0.4 is 9.47 Å². The van der Waals surface area contributed by atoms with Crippen LogP contribution in [0.4, 0.5) is 0 Å². The number of hydrogen-bond acceptors (Lipinski definition) is 5. The maximum atomic E-state index is 12.2. The van der Waals surface area contributed by atoms with Crippen LogP contribution in [-0.2, 0) is 22.6 Å². The molecule has 0 aliphatic carbocycles. The van der Waals surface area contributed by atoms with E-state index in [1.165, 1.54) is 5.56 Å². The van der Waals surface area contributed by atoms with Crippen LogP contribution in [-0.4, -0.2) is 17.1 Å². The topological polar surface area (TPSA) is 57.7 Å². The number of hydrogen-bond donors (Lipinski definition) is 0. The fourth-order valence-corrected chi connectivity index (χ4v) is 3.47. The van der Waals surface area contributed by atoms with Gasteiger partial charge in [0.15, 0.2) is 0 Å². The van der Waals surface area contributed by atoms with Crippen molar-refractivity contribution in [1.82, 2.24) is 4.98 Å². The van der Waals surface area contributed by atoms with Crippen LogP contribution in [0.5, 0.6) is 17.4 Å². The Bertz CT molecular complexity index is 1020. The number of pyridine rings is 1. The Morgan fingerprint density at radius 1 is 1.03 bits per heavy atom. The minimum atomic E-state index is -0.250. The van der Waals surface area contributed by atoms with Gasteiger partial charge in [0.05, 0.1) is 17.6 Å². The second-order valence-corrected chi connectivity index (χ2v) is 8.51. The van der Waals surface area contributed by atoms with E-state index in [4.69, 9.17) is 25.8 Å². The van der Waals surface area contributed by atoms with Crippen LogP contribution >= 0.6 is 11.6 Å². The van der Waals surface area contributed by atoms with Crippen molar-refractivity contribution < 1.29 is 19.0 Å². The van der Waals surface area contributed by atoms with E-state index in [9.17, 15) is 4.79 Å². The Morgan fingerprint density at radius 2 is 1.82 bits per heavy atom. The van der Waals surface area contributed by atoms with Crippen molar-refractivity contribution >= 4 is 17.6 Å². The molecule has 0 radical (unpaired) electrons. The molecule has 5 nitrogen and oxygen atoms in total. The number of aromatic nitrogens is 1. The van der Waals surface area contributed by atoms with Crippen molar-refractivity contribution in [2.24, 2.45) is 5.92 Å². The van der Waals surface area contributed by atoms with Gasteiger partial charge in [0.25, 0.3) is 0 Å². The van der Waals surface area contributed by atoms with Crippen LogP contribution in [0.1, 0.15) is 44.7 Å². The molecule has 3 aromatic rings. The molecular weight excluding hydrogens is 438 g/mol. The molecular formula is C27H30ClNO4. The molecule has 0 N–H and O–H groups in total. The summed E-state index contributed by atoms with van der Waals surface area (Å²) in [4.78, 5) is 16.5. The van der Waals surface area contributed by atoms with Gasteiger partial charge in [-0.2, -0.15) is 0 Å². The quantitative estimate of drug-likeness (QED) is 0.284. The van der Waals surface area contributed by atoms with Gasteiger partial charge < -0.3 is 14.2 Å². The first-order valence-electron chi connectivity index (χ1n) is 11.2. The Morgan fingerprint density at radius 3 is 2.48 bits per heavy atom. The molecule has 0 saturated heterocycles. The van der Waals surface area contributed by atoms with E-state index in [1.807, 2.05) is 62.4 Å². The number of rotatable bonds is 11. The Kier molecular flexibility index (Phi) is 9.14. The lowest BCUT2D eigenvalue weighted by Gasteiger charge is -2.20. The highest BCUT2D eigenvalue weighted by Gasteiger charge is 2.19. The molecule has 3 rings (SSSR count). The molecule has 1 heterocycles. The summed E-state index contributed by atoms with van der Waals surface area (Å²) in [7, 11) is 0. The third-order valence-corrected chi connectivity index (χ3v) is 5.61. The molecule has 0 unspecified atom stereocenters. The van der Waals surface area contributed by atoms with Crippen molar-refractivity contribution in [1.29, 1.82) is 0 Å². The van der Waals surface area contributed by atoms with Gasteiger partial charge in [-0.15, -0.1) is 0 Å². The number of nitrogens with zero attached hydrogens (tertiary/aromatic N) is 1. The Balaban J connectivity index is 1.48. The first kappa shape index (κ1) is 24.6. The first-order chi connectivity index (χ1) is 15.9. The zero-order valence-corrected chi connectivity index (χ0v) is 20.0. The minimum Gasteiger partial charge on any atom is -0.474 e. The van der Waals surface area contributed by atoms with Crippen LogP contribution in [0.2, 0.25) is 5.02 Å². The summed E-state index contributed by atoms with van der Waals surface area (Å²) >= 11 is 6.34. The summed E-state index contributed by atoms with van der Waals surface area (Å²) in [6.07, 6.45) is 3.69. The van der Waals surface area contributed by atoms with Crippen LogP contribution in [0.15, 0.2) is 66.9 Å². The van der Waals surface area contributed by atoms with Gasteiger partial charge in [-0.05, 0) is 42.7 Å². The fourth-order valence-electron chi connectivity index (χ4n) is 3.23. The maximum absolute atomic E-state index is 12.2. The predicted octanol–water partition coefficient (Wildman–Crippen LogP) is 7.02. The number of ether oxygens (including phenoxy) is 3. The molecule has 0 aliphatic heterocycles. The van der Waals surface area contributed by atoms with E-state index in [0.29, 0.717) is 22.4 Å². The van der Waals surface area contributed by atoms with Gasteiger partial charge in [-0.25, -0.2) is 4.98 Å². The third kappa shape index (κ3) is 7.79. The predicted molar refractivity (Wildman–Crippen MR) is 130 cm³/mol. The number of aryl methyl sites for hydroxylation is 1. The monoisotopic (exact) mass is 467 g/mol. The molecule has 0 amide bonds. The third-order valence-electron chi connectivity index (χ3n) is 5.31. The lowest BCUT2D eigenvalue weighted by molar-refractivity contribution is -0.146. The smallest absolute Gasteiger partial charge is 0.306 e. The van der Waals surface area contributed by atoms with Gasteiger partial charge in [0, 0.05) is 12.0 Å². The Labute approximate surface area is 200 Å². The molecule has 2 aromatic carbocycles. The number of carbonyl (C=O) groups is 1. The molecule has 0 aliphatic rings. The number of halogens is 1. The van der Waals surface area contributed by atoms with Gasteiger partial charge in [0.1, 0.15) is 24.2 Å². The second kappa shape index (κ2) is 12.3. The van der Waals surface area contributed by atoms with Crippen LogP contribution in [0, 0.1) is 5.92 Å². The summed E-state index contributed by atoms with van der Waals surface area (Å²) in [6, 6.07) is 19.0. The van der Waals surface area contributed by atoms with Gasteiger partial charge >= 0.3 is 5.97 Å². The highest BCUT2D eigenvalue weighted by molar-refractivity contribution is 6.32. The zero-order valence-electron chi connectivity index (χ0n) is 19.3. The van der Waals surface area contributed by atoms with Crippen molar-refractivity contribution in [2.45, 2.75) is 52.7 Å². The second-order valence-electron chi connectivity index (χ2n) is 8.10. The molecule has 0 bridgehead atoms. The largest absolute Gasteiger partial charge is 0.474 e. The molecule has 0 fully saturated rings. The average Bonchev–Trinajstić information content (AvgIpc) is 2.81. The molecule has 6 heteroatoms. The highest BCUT2D eigenvalue weighted by atomic mass is 35.5. The van der Waals surface area contributed by atoms with E-state index in [0.717, 1.165) is 18.4 Å². The standard InChI is InChI=1S/C27H30ClNO4/c1-4-8-21-11-13-25(24(28)16-21)33-23-12-14-26(29-17-23)32-20(3)19(2)15-27(30)31-18-22-9-6-5-7-10-22/h5-7,9-14,16-17,19-20H,4,8,15,18H2,1-3H3/t19-,20+/m1/s1. The number of benzene rings is 2. The normalized spacial score (nSPS) is 12.6. The van der Waals surface area contributed by atoms with Crippen molar-refractivity contribution in [2.75, 3.05) is 0 Å². The summed E-state index contributed by atoms with van der Waals surface area (Å²) in [5.41, 5.74) is 2.15. The van der Waals surface area contributed by atoms with E-state index >= 15 is 0 Å². The number of esters is 1. The van der Waals surface area contributed by atoms with Crippen LogP contribution in [0.25, 0.3) is 0 Å². The molecule has 1 aromatic heterocycles. The molecule has 33 heavy (non-hydrogen) atoms. The summed E-state index contributed by atoms with van der Waals surface area (Å²) in [5.74, 6) is 1.33. The zero-order chi connectivity index (χ0) is 23.6. The van der Waals surface area contributed by atoms with Crippen LogP contribution in [0.3, 0.4) is 0 Å². The van der Waals surface area contributed by atoms with Crippen molar-refractivity contribution in [3.8, 4) is 17.4 Å². The van der Waals surface area contributed by atoms with E-state index < -0.39 is 0 Å². The van der Waals surface area contributed by atoms with Crippen molar-refractivity contribution in [3.63, 3.8) is 0 Å². The minimum absolute atomic E-state index is 0.0357. The van der Waals surface area contributed by atoms with Gasteiger partial charge in [-0.1, -0.05) is 68.3 Å². The maximum Gasteiger partial charge on any atom is 0.306 e. The van der Waals surface area contributed by atoms with Gasteiger partial charge in [0.2, 0.25) is 5.88 Å². The van der Waals surface area contributed by atoms with Gasteiger partial charge in [-0.3, -0.25) is 4.79 Å². The molecule has 174 valence electrons. The average molecular weight is 468 g/mol. The first-order valence-corrected chi connectivity index (χ1v) is 11.6. The molecule has 0 spiro atoms. The van der Waals surface area contributed by atoms with Crippen molar-refractivity contribution in [3.05, 3.63) is 83.0 Å². The van der Waals surface area contributed by atoms with E-state index in [-0.39, 0.29) is 31.0 Å². The SMILES string of the molecule is CCCc1ccc(Oc2ccc(O[C@@H](C)[C@H](C)CC(=O)OCc3ccccc3)nc2)c(Cl)c1. The molecule has 0 saturated carbocycles. The highest BCUT2D eigenvalue weighted by Crippen LogP contribution is 2.31. The lowest BCUT2D eigenvalue weighted by Crippen LogP contribution is -2.24. The summed E-state index contributed by atoms with van der Waals surface area (Å²) in [6.45, 7) is 6.28. The summed E-state index contributed by atoms with van der Waals surface area (Å²) < 4.78 is 17.1. The lowest BCUT2D eigenvalue weighted by atomic mass is 10.0. The fraction of sp³-hybridized carbons (Fsp3) is 0.333.